The highest BCUT2D eigenvalue weighted by Gasteiger charge is 2.51. The zero-order valence-corrected chi connectivity index (χ0v) is 16.6. The van der Waals surface area contributed by atoms with Gasteiger partial charge in [0.25, 0.3) is 0 Å². The van der Waals surface area contributed by atoms with E-state index >= 15 is 0 Å². The lowest BCUT2D eigenvalue weighted by Gasteiger charge is -2.56. The van der Waals surface area contributed by atoms with Crippen LogP contribution < -0.4 is 10.6 Å². The van der Waals surface area contributed by atoms with Crippen LogP contribution in [-0.4, -0.2) is 28.1 Å². The first-order valence-corrected chi connectivity index (χ1v) is 10.7. The van der Waals surface area contributed by atoms with Crippen LogP contribution in [0, 0.1) is 23.2 Å². The monoisotopic (exact) mass is 392 g/mol. The van der Waals surface area contributed by atoms with E-state index in [1.165, 1.54) is 38.5 Å². The van der Waals surface area contributed by atoms with Gasteiger partial charge in [0, 0.05) is 24.5 Å². The van der Waals surface area contributed by atoms with Crippen molar-refractivity contribution < 1.29 is 9.59 Å². The van der Waals surface area contributed by atoms with Crippen LogP contribution in [0.5, 0.6) is 0 Å². The molecule has 4 aliphatic carbocycles. The van der Waals surface area contributed by atoms with Crippen LogP contribution in [0.3, 0.4) is 0 Å². The third kappa shape index (κ3) is 3.93. The average molecular weight is 393 g/mol. The number of carbonyl (C=O) groups excluding carboxylic acids is 2. The van der Waals surface area contributed by atoms with Crippen LogP contribution >= 0.6 is 0 Å². The van der Waals surface area contributed by atoms with E-state index < -0.39 is 0 Å². The molecule has 0 atom stereocenters. The number of anilines is 1. The van der Waals surface area contributed by atoms with E-state index in [1.54, 1.807) is 10.9 Å². The normalized spacial score (nSPS) is 29.6. The second-order valence-corrected chi connectivity index (χ2v) is 9.42. The Morgan fingerprint density at radius 2 is 1.76 bits per heavy atom. The molecule has 4 saturated carbocycles. The van der Waals surface area contributed by atoms with Crippen LogP contribution in [-0.2, 0) is 9.59 Å². The van der Waals surface area contributed by atoms with E-state index in [-0.39, 0.29) is 23.8 Å². The largest absolute Gasteiger partial charge is 0.347 e. The van der Waals surface area contributed by atoms with Crippen molar-refractivity contribution in [2.75, 3.05) is 11.9 Å². The predicted octanol–water partition coefficient (Wildman–Crippen LogP) is 3.53. The Morgan fingerprint density at radius 3 is 2.41 bits per heavy atom. The fourth-order valence-corrected chi connectivity index (χ4v) is 6.44. The Balaban J connectivity index is 1.13. The molecule has 1 aromatic carbocycles. The van der Waals surface area contributed by atoms with Gasteiger partial charge in [0.1, 0.15) is 0 Å². The molecule has 2 aromatic rings. The van der Waals surface area contributed by atoms with Crippen LogP contribution in [0.25, 0.3) is 5.69 Å². The first-order chi connectivity index (χ1) is 14.1. The number of benzene rings is 1. The number of nitrogens with zero attached hydrogens (tertiary/aromatic N) is 2. The summed E-state index contributed by atoms with van der Waals surface area (Å²) in [5.41, 5.74) is 1.77. The molecule has 0 saturated heterocycles. The highest BCUT2D eigenvalue weighted by Crippen LogP contribution is 2.61. The molecule has 6 rings (SSSR count). The van der Waals surface area contributed by atoms with Crippen LogP contribution in [0.1, 0.15) is 44.9 Å². The molecule has 0 unspecified atom stereocenters. The minimum Gasteiger partial charge on any atom is -0.347 e. The zero-order chi connectivity index (χ0) is 19.8. The lowest BCUT2D eigenvalue weighted by Crippen LogP contribution is -2.48. The van der Waals surface area contributed by atoms with E-state index in [0.29, 0.717) is 12.1 Å². The fourth-order valence-electron chi connectivity index (χ4n) is 6.44. The average Bonchev–Trinajstić information content (AvgIpc) is 3.20. The van der Waals surface area contributed by atoms with Crippen molar-refractivity contribution in [3.8, 4) is 5.69 Å². The summed E-state index contributed by atoms with van der Waals surface area (Å²) >= 11 is 0. The Morgan fingerprint density at radius 1 is 1.03 bits per heavy atom. The second kappa shape index (κ2) is 7.32. The molecule has 1 heterocycles. The van der Waals surface area contributed by atoms with Gasteiger partial charge in [0.05, 0.1) is 12.2 Å². The van der Waals surface area contributed by atoms with E-state index in [1.807, 2.05) is 36.5 Å². The molecule has 6 nitrogen and oxygen atoms in total. The molecule has 4 bridgehead atoms. The van der Waals surface area contributed by atoms with Crippen molar-refractivity contribution >= 4 is 17.5 Å². The molecular weight excluding hydrogens is 364 g/mol. The third-order valence-corrected chi connectivity index (χ3v) is 7.05. The maximum atomic E-state index is 12.6. The first kappa shape index (κ1) is 18.4. The molecule has 1 aromatic heterocycles. The smallest absolute Gasteiger partial charge is 0.243 e. The maximum Gasteiger partial charge on any atom is 0.243 e. The highest BCUT2D eigenvalue weighted by atomic mass is 16.2. The lowest BCUT2D eigenvalue weighted by atomic mass is 9.49. The summed E-state index contributed by atoms with van der Waals surface area (Å²) in [5.74, 6) is 2.31. The second-order valence-electron chi connectivity index (χ2n) is 9.42. The highest BCUT2D eigenvalue weighted by molar-refractivity contribution is 5.94. The summed E-state index contributed by atoms with van der Waals surface area (Å²) in [7, 11) is 0. The number of aromatic nitrogens is 2. The number of amides is 2. The summed E-state index contributed by atoms with van der Waals surface area (Å²) in [4.78, 5) is 24.9. The molecule has 4 aliphatic rings. The molecule has 0 spiro atoms. The SMILES string of the molecule is O=C(CC12CC3CC(CC(C3)C1)C2)NCC(=O)Nc1cccc(-n2cccn2)c1. The van der Waals surface area contributed by atoms with E-state index in [4.69, 9.17) is 0 Å². The predicted molar refractivity (Wildman–Crippen MR) is 110 cm³/mol. The van der Waals surface area contributed by atoms with E-state index in [0.717, 1.165) is 23.4 Å². The van der Waals surface area contributed by atoms with Crippen LogP contribution in [0.15, 0.2) is 42.7 Å². The summed E-state index contributed by atoms with van der Waals surface area (Å²) in [6.45, 7) is 0.0111. The summed E-state index contributed by atoms with van der Waals surface area (Å²) in [6.07, 6.45) is 11.9. The summed E-state index contributed by atoms with van der Waals surface area (Å²) in [6, 6.07) is 9.35. The summed E-state index contributed by atoms with van der Waals surface area (Å²) in [5, 5.41) is 9.92. The number of hydrogen-bond acceptors (Lipinski definition) is 3. The Kier molecular flexibility index (Phi) is 4.64. The van der Waals surface area contributed by atoms with Crippen molar-refractivity contribution in [2.45, 2.75) is 44.9 Å². The van der Waals surface area contributed by atoms with Gasteiger partial charge in [-0.1, -0.05) is 6.07 Å². The van der Waals surface area contributed by atoms with Gasteiger partial charge in [-0.05, 0) is 86.0 Å². The molecule has 2 N–H and O–H groups in total. The van der Waals surface area contributed by atoms with Gasteiger partial charge in [-0.2, -0.15) is 5.10 Å². The Hall–Kier alpha value is -2.63. The van der Waals surface area contributed by atoms with E-state index in [9.17, 15) is 9.59 Å². The Labute approximate surface area is 171 Å². The third-order valence-electron chi connectivity index (χ3n) is 7.05. The van der Waals surface area contributed by atoms with Gasteiger partial charge in [-0.15, -0.1) is 0 Å². The van der Waals surface area contributed by atoms with Crippen molar-refractivity contribution in [3.05, 3.63) is 42.7 Å². The topological polar surface area (TPSA) is 76.0 Å². The van der Waals surface area contributed by atoms with Crippen molar-refractivity contribution in [3.63, 3.8) is 0 Å². The van der Waals surface area contributed by atoms with Crippen LogP contribution in [0.4, 0.5) is 5.69 Å². The zero-order valence-electron chi connectivity index (χ0n) is 16.6. The van der Waals surface area contributed by atoms with Crippen molar-refractivity contribution in [1.29, 1.82) is 0 Å². The molecule has 0 radical (unpaired) electrons. The van der Waals surface area contributed by atoms with Crippen molar-refractivity contribution in [2.24, 2.45) is 23.2 Å². The molecular formula is C23H28N4O2. The van der Waals surface area contributed by atoms with Gasteiger partial charge in [0.2, 0.25) is 11.8 Å². The molecule has 4 fully saturated rings. The van der Waals surface area contributed by atoms with Crippen molar-refractivity contribution in [1.82, 2.24) is 15.1 Å². The molecule has 152 valence electrons. The molecule has 29 heavy (non-hydrogen) atoms. The first-order valence-electron chi connectivity index (χ1n) is 10.7. The quantitative estimate of drug-likeness (QED) is 0.790. The molecule has 0 aliphatic heterocycles. The number of hydrogen-bond donors (Lipinski definition) is 2. The van der Waals surface area contributed by atoms with Gasteiger partial charge in [-0.3, -0.25) is 9.59 Å². The number of nitrogens with one attached hydrogen (secondary N) is 2. The summed E-state index contributed by atoms with van der Waals surface area (Å²) < 4.78 is 1.74. The number of carbonyl (C=O) groups is 2. The van der Waals surface area contributed by atoms with Gasteiger partial charge in [0.15, 0.2) is 0 Å². The standard InChI is InChI=1S/C23H28N4O2/c28-21(14-23-11-16-7-17(12-23)9-18(8-16)13-23)24-15-22(29)26-19-3-1-4-20(10-19)27-6-2-5-25-27/h1-6,10,16-18H,7-9,11-15H2,(H,24,28)(H,26,29). The minimum atomic E-state index is -0.207. The molecule has 6 heteroatoms. The van der Waals surface area contributed by atoms with Gasteiger partial charge < -0.3 is 10.6 Å². The lowest BCUT2D eigenvalue weighted by molar-refractivity contribution is -0.131. The minimum absolute atomic E-state index is 0.0111. The fraction of sp³-hybridized carbons (Fsp3) is 0.522. The Bertz CT molecular complexity index is 870. The van der Waals surface area contributed by atoms with E-state index in [2.05, 4.69) is 15.7 Å². The van der Waals surface area contributed by atoms with Gasteiger partial charge in [-0.25, -0.2) is 4.68 Å². The van der Waals surface area contributed by atoms with Crippen LogP contribution in [0.2, 0.25) is 0 Å². The number of rotatable bonds is 6. The maximum absolute atomic E-state index is 12.6. The van der Waals surface area contributed by atoms with Gasteiger partial charge >= 0.3 is 0 Å². The molecule has 2 amide bonds.